The normalized spacial score (nSPS) is 27.4. The van der Waals surface area contributed by atoms with E-state index in [4.69, 9.17) is 22.7 Å². The van der Waals surface area contributed by atoms with Gasteiger partial charge in [-0.2, -0.15) is 0 Å². The number of ether oxygens (including phenoxy) is 1. The molecule has 1 saturated heterocycles. The van der Waals surface area contributed by atoms with Crippen LogP contribution in [0.2, 0.25) is 0 Å². The minimum Gasteiger partial charge on any atom is -0.391 e. The Balaban J connectivity index is 1.99. The fraction of sp³-hybridized carbons (Fsp3) is 0.846. The van der Waals surface area contributed by atoms with Crippen LogP contribution in [0.1, 0.15) is 44.9 Å². The molecule has 1 aliphatic carbocycles. The molecule has 3 N–H and O–H groups in total. The van der Waals surface area contributed by atoms with Crippen LogP contribution >= 0.6 is 12.2 Å². The van der Waals surface area contributed by atoms with Crippen molar-refractivity contribution in [3.8, 4) is 0 Å². The van der Waals surface area contributed by atoms with Gasteiger partial charge in [0, 0.05) is 6.61 Å². The zero-order chi connectivity index (χ0) is 13.0. The van der Waals surface area contributed by atoms with E-state index in [1.165, 1.54) is 6.42 Å². The van der Waals surface area contributed by atoms with Gasteiger partial charge in [-0.25, -0.2) is 0 Å². The summed E-state index contributed by atoms with van der Waals surface area (Å²) in [5, 5.41) is 3.12. The highest BCUT2D eigenvalue weighted by Crippen LogP contribution is 2.29. The van der Waals surface area contributed by atoms with E-state index in [9.17, 15) is 4.79 Å². The summed E-state index contributed by atoms with van der Waals surface area (Å²) in [7, 11) is 0. The zero-order valence-electron chi connectivity index (χ0n) is 10.7. The highest BCUT2D eigenvalue weighted by Gasteiger charge is 2.38. The van der Waals surface area contributed by atoms with Gasteiger partial charge in [0.25, 0.3) is 0 Å². The van der Waals surface area contributed by atoms with Gasteiger partial charge in [0.15, 0.2) is 0 Å². The Morgan fingerprint density at radius 3 is 2.56 bits per heavy atom. The van der Waals surface area contributed by atoms with Gasteiger partial charge in [-0.3, -0.25) is 4.79 Å². The predicted molar refractivity (Wildman–Crippen MR) is 74.3 cm³/mol. The number of hydrogen-bond donors (Lipinski definition) is 2. The standard InChI is InChI=1S/C13H22N2O2S/c14-12(18)13(6-2-1-3-7-13)15-11(16)10-5-4-8-17-9-10/h10H,1-9H2,(H2,14,18)(H,15,16). The van der Waals surface area contributed by atoms with Crippen LogP contribution < -0.4 is 11.1 Å². The molecule has 0 aromatic carbocycles. The van der Waals surface area contributed by atoms with E-state index in [-0.39, 0.29) is 11.8 Å². The Morgan fingerprint density at radius 2 is 2.00 bits per heavy atom. The molecule has 2 rings (SSSR count). The highest BCUT2D eigenvalue weighted by molar-refractivity contribution is 7.80. The molecule has 18 heavy (non-hydrogen) atoms. The Bertz CT molecular complexity index is 321. The third-order valence-electron chi connectivity index (χ3n) is 4.07. The van der Waals surface area contributed by atoms with Crippen LogP contribution in [0.4, 0.5) is 0 Å². The minimum absolute atomic E-state index is 0.0353. The molecule has 5 heteroatoms. The lowest BCUT2D eigenvalue weighted by atomic mass is 9.81. The second kappa shape index (κ2) is 5.97. The molecule has 4 nitrogen and oxygen atoms in total. The van der Waals surface area contributed by atoms with Crippen molar-refractivity contribution < 1.29 is 9.53 Å². The average molecular weight is 270 g/mol. The van der Waals surface area contributed by atoms with Crippen molar-refractivity contribution in [1.29, 1.82) is 0 Å². The van der Waals surface area contributed by atoms with E-state index in [2.05, 4.69) is 5.32 Å². The summed E-state index contributed by atoms with van der Waals surface area (Å²) < 4.78 is 5.36. The molecule has 0 radical (unpaired) electrons. The monoisotopic (exact) mass is 270 g/mol. The molecule has 1 amide bonds. The maximum atomic E-state index is 12.3. The van der Waals surface area contributed by atoms with Gasteiger partial charge in [-0.1, -0.05) is 31.5 Å². The molecular formula is C13H22N2O2S. The molecule has 102 valence electrons. The van der Waals surface area contributed by atoms with Gasteiger partial charge < -0.3 is 15.8 Å². The van der Waals surface area contributed by atoms with Crippen molar-refractivity contribution in [1.82, 2.24) is 5.32 Å². The summed E-state index contributed by atoms with van der Waals surface area (Å²) in [5.41, 5.74) is 5.42. The molecule has 0 bridgehead atoms. The minimum atomic E-state index is -0.442. The molecule has 2 fully saturated rings. The lowest BCUT2D eigenvalue weighted by molar-refractivity contribution is -0.130. The van der Waals surface area contributed by atoms with Crippen molar-refractivity contribution in [2.24, 2.45) is 11.7 Å². The quantitative estimate of drug-likeness (QED) is 0.763. The van der Waals surface area contributed by atoms with E-state index in [0.29, 0.717) is 11.6 Å². The van der Waals surface area contributed by atoms with E-state index in [0.717, 1.165) is 45.1 Å². The van der Waals surface area contributed by atoms with Crippen LogP contribution in [-0.2, 0) is 9.53 Å². The second-order valence-corrected chi connectivity index (χ2v) is 5.85. The van der Waals surface area contributed by atoms with Crippen LogP contribution in [0.25, 0.3) is 0 Å². The van der Waals surface area contributed by atoms with Gasteiger partial charge in [0.1, 0.15) is 0 Å². The van der Waals surface area contributed by atoms with Crippen LogP contribution in [0.5, 0.6) is 0 Å². The third kappa shape index (κ3) is 3.01. The summed E-state index contributed by atoms with van der Waals surface area (Å²) in [4.78, 5) is 12.7. The molecule has 1 heterocycles. The number of thiocarbonyl (C=S) groups is 1. The number of rotatable bonds is 3. The predicted octanol–water partition coefficient (Wildman–Crippen LogP) is 1.52. The first-order valence-corrected chi connectivity index (χ1v) is 7.24. The first-order chi connectivity index (χ1) is 8.64. The second-order valence-electron chi connectivity index (χ2n) is 5.41. The van der Waals surface area contributed by atoms with Crippen LogP contribution in [0.3, 0.4) is 0 Å². The SMILES string of the molecule is NC(=S)C1(NC(=O)C2CCCOC2)CCCCC1. The Morgan fingerprint density at radius 1 is 1.28 bits per heavy atom. The maximum Gasteiger partial charge on any atom is 0.226 e. The van der Waals surface area contributed by atoms with Gasteiger partial charge >= 0.3 is 0 Å². The number of carbonyl (C=O) groups excluding carboxylic acids is 1. The third-order valence-corrected chi connectivity index (χ3v) is 4.46. The summed E-state index contributed by atoms with van der Waals surface area (Å²) >= 11 is 5.18. The van der Waals surface area contributed by atoms with E-state index in [1.54, 1.807) is 0 Å². The highest BCUT2D eigenvalue weighted by atomic mass is 32.1. The van der Waals surface area contributed by atoms with Gasteiger partial charge in [0.05, 0.1) is 23.1 Å². The number of carbonyl (C=O) groups is 1. The zero-order valence-corrected chi connectivity index (χ0v) is 11.6. The largest absolute Gasteiger partial charge is 0.391 e. The molecule has 1 unspecified atom stereocenters. The van der Waals surface area contributed by atoms with Crippen LogP contribution in [0, 0.1) is 5.92 Å². The number of nitrogens with two attached hydrogens (primary N) is 1. The molecule has 0 spiro atoms. The Hall–Kier alpha value is -0.680. The Kier molecular flexibility index (Phi) is 4.56. The van der Waals surface area contributed by atoms with Crippen LogP contribution in [0.15, 0.2) is 0 Å². The van der Waals surface area contributed by atoms with Crippen molar-refractivity contribution in [2.75, 3.05) is 13.2 Å². The van der Waals surface area contributed by atoms with Crippen LogP contribution in [-0.4, -0.2) is 29.6 Å². The van der Waals surface area contributed by atoms with E-state index < -0.39 is 5.54 Å². The fourth-order valence-corrected chi connectivity index (χ4v) is 3.13. The van der Waals surface area contributed by atoms with E-state index in [1.807, 2.05) is 0 Å². The lowest BCUT2D eigenvalue weighted by Gasteiger charge is -2.38. The molecule has 2 aliphatic rings. The average Bonchev–Trinajstić information content (AvgIpc) is 2.40. The van der Waals surface area contributed by atoms with Crippen molar-refractivity contribution in [3.63, 3.8) is 0 Å². The summed E-state index contributed by atoms with van der Waals surface area (Å²) in [6, 6.07) is 0. The molecule has 1 saturated carbocycles. The molecular weight excluding hydrogens is 248 g/mol. The topological polar surface area (TPSA) is 64.3 Å². The smallest absolute Gasteiger partial charge is 0.226 e. The summed E-state index contributed by atoms with van der Waals surface area (Å²) in [5.74, 6) is 0.0244. The summed E-state index contributed by atoms with van der Waals surface area (Å²) in [6.45, 7) is 1.30. The Labute approximate surface area is 114 Å². The van der Waals surface area contributed by atoms with Gasteiger partial charge in [0.2, 0.25) is 5.91 Å². The number of amides is 1. The molecule has 1 aliphatic heterocycles. The number of hydrogen-bond acceptors (Lipinski definition) is 3. The van der Waals surface area contributed by atoms with Crippen molar-refractivity contribution in [2.45, 2.75) is 50.5 Å². The van der Waals surface area contributed by atoms with Gasteiger partial charge in [-0.15, -0.1) is 0 Å². The summed E-state index contributed by atoms with van der Waals surface area (Å²) in [6.07, 6.45) is 6.98. The number of nitrogens with one attached hydrogen (secondary N) is 1. The first kappa shape index (κ1) is 13.7. The molecule has 0 aromatic heterocycles. The lowest BCUT2D eigenvalue weighted by Crippen LogP contribution is -2.59. The maximum absolute atomic E-state index is 12.3. The molecule has 0 aromatic rings. The van der Waals surface area contributed by atoms with E-state index >= 15 is 0 Å². The van der Waals surface area contributed by atoms with Gasteiger partial charge in [-0.05, 0) is 25.7 Å². The first-order valence-electron chi connectivity index (χ1n) is 6.84. The fourth-order valence-electron chi connectivity index (χ4n) is 2.87. The van der Waals surface area contributed by atoms with Crippen molar-refractivity contribution >= 4 is 23.1 Å². The molecule has 1 atom stereocenters. The van der Waals surface area contributed by atoms with Crippen molar-refractivity contribution in [3.05, 3.63) is 0 Å².